The molecule has 4 heteroatoms. The smallest absolute Gasteiger partial charge is 0.306 e. The largest absolute Gasteiger partial charge is 0.481 e. The fraction of sp³-hybridized carbons (Fsp3) is 0.500. The number of hydrogen-bond acceptors (Lipinski definition) is 3. The maximum atomic E-state index is 10.9. The number of pyridine rings is 1. The van der Waals surface area contributed by atoms with Gasteiger partial charge in [-0.3, -0.25) is 4.79 Å². The highest BCUT2D eigenvalue weighted by atomic mass is 32.2. The summed E-state index contributed by atoms with van der Waals surface area (Å²) >= 11 is 1.71. The number of carbonyl (C=O) groups is 1. The van der Waals surface area contributed by atoms with Gasteiger partial charge in [0.2, 0.25) is 0 Å². The minimum atomic E-state index is -0.647. The second-order valence-electron chi connectivity index (χ2n) is 4.11. The summed E-state index contributed by atoms with van der Waals surface area (Å²) in [6, 6.07) is 5.84. The first kappa shape index (κ1) is 11.5. The maximum absolute atomic E-state index is 10.9. The number of carboxylic acids is 1. The van der Waals surface area contributed by atoms with E-state index in [9.17, 15) is 4.79 Å². The van der Waals surface area contributed by atoms with E-state index < -0.39 is 5.97 Å². The molecule has 0 bridgehead atoms. The zero-order chi connectivity index (χ0) is 11.4. The summed E-state index contributed by atoms with van der Waals surface area (Å²) in [7, 11) is 0. The van der Waals surface area contributed by atoms with Gasteiger partial charge in [-0.2, -0.15) is 0 Å². The minimum absolute atomic E-state index is 0.157. The third-order valence-corrected chi connectivity index (χ3v) is 4.14. The zero-order valence-electron chi connectivity index (χ0n) is 9.00. The lowest BCUT2D eigenvalue weighted by atomic mass is 9.89. The Labute approximate surface area is 99.3 Å². The molecular weight excluding hydrogens is 222 g/mol. The molecule has 1 aliphatic carbocycles. The number of aromatic nitrogens is 1. The monoisotopic (exact) mass is 237 g/mol. The van der Waals surface area contributed by atoms with Gasteiger partial charge in [-0.1, -0.05) is 12.5 Å². The quantitative estimate of drug-likeness (QED) is 0.878. The molecule has 2 unspecified atom stereocenters. The van der Waals surface area contributed by atoms with Gasteiger partial charge < -0.3 is 5.11 Å². The lowest BCUT2D eigenvalue weighted by Crippen LogP contribution is -2.23. The summed E-state index contributed by atoms with van der Waals surface area (Å²) in [5.41, 5.74) is 0. The van der Waals surface area contributed by atoms with Crippen molar-refractivity contribution in [2.45, 2.75) is 36.0 Å². The second-order valence-corrected chi connectivity index (χ2v) is 5.43. The summed E-state index contributed by atoms with van der Waals surface area (Å²) < 4.78 is 0. The van der Waals surface area contributed by atoms with E-state index in [1.165, 1.54) is 0 Å². The van der Waals surface area contributed by atoms with Crippen molar-refractivity contribution >= 4 is 17.7 Å². The van der Waals surface area contributed by atoms with Crippen molar-refractivity contribution in [1.29, 1.82) is 0 Å². The molecule has 0 spiro atoms. The predicted octanol–water partition coefficient (Wildman–Crippen LogP) is 2.82. The van der Waals surface area contributed by atoms with E-state index in [4.69, 9.17) is 5.11 Å². The molecule has 0 aliphatic heterocycles. The van der Waals surface area contributed by atoms with E-state index in [-0.39, 0.29) is 5.92 Å². The fourth-order valence-electron chi connectivity index (χ4n) is 2.06. The first-order valence-corrected chi connectivity index (χ1v) is 6.44. The molecule has 3 nitrogen and oxygen atoms in total. The van der Waals surface area contributed by atoms with Crippen molar-refractivity contribution in [2.24, 2.45) is 5.92 Å². The van der Waals surface area contributed by atoms with Gasteiger partial charge in [-0.25, -0.2) is 4.98 Å². The van der Waals surface area contributed by atoms with Crippen LogP contribution in [0, 0.1) is 5.92 Å². The Bertz CT molecular complexity index is 355. The molecule has 1 aromatic rings. The molecular formula is C12H15NO2S. The summed E-state index contributed by atoms with van der Waals surface area (Å²) in [6.45, 7) is 0. The maximum Gasteiger partial charge on any atom is 0.306 e. The third kappa shape index (κ3) is 2.98. The van der Waals surface area contributed by atoms with Crippen LogP contribution in [0.4, 0.5) is 0 Å². The van der Waals surface area contributed by atoms with Gasteiger partial charge in [0.15, 0.2) is 0 Å². The Morgan fingerprint density at radius 3 is 3.00 bits per heavy atom. The van der Waals surface area contributed by atoms with Crippen molar-refractivity contribution in [3.8, 4) is 0 Å². The predicted molar refractivity (Wildman–Crippen MR) is 63.5 cm³/mol. The molecule has 2 rings (SSSR count). The molecule has 16 heavy (non-hydrogen) atoms. The standard InChI is InChI=1S/C12H15NO2S/c14-12(15)9-4-3-5-10(8-9)16-11-6-1-2-7-13-11/h1-2,6-7,9-10H,3-5,8H2,(H,14,15). The van der Waals surface area contributed by atoms with Crippen LogP contribution in [-0.4, -0.2) is 21.3 Å². The van der Waals surface area contributed by atoms with Gasteiger partial charge >= 0.3 is 5.97 Å². The van der Waals surface area contributed by atoms with Crippen molar-refractivity contribution in [3.05, 3.63) is 24.4 Å². The number of hydrogen-bond donors (Lipinski definition) is 1. The number of aliphatic carboxylic acids is 1. The van der Waals surface area contributed by atoms with E-state index in [1.54, 1.807) is 18.0 Å². The second kappa shape index (κ2) is 5.34. The molecule has 1 aliphatic rings. The molecule has 1 saturated carbocycles. The fourth-order valence-corrected chi connectivity index (χ4v) is 3.30. The molecule has 0 saturated heterocycles. The first-order chi connectivity index (χ1) is 7.75. The van der Waals surface area contributed by atoms with Gasteiger partial charge in [0.1, 0.15) is 0 Å². The zero-order valence-corrected chi connectivity index (χ0v) is 9.82. The van der Waals surface area contributed by atoms with Crippen LogP contribution in [0.1, 0.15) is 25.7 Å². The Morgan fingerprint density at radius 1 is 1.44 bits per heavy atom. The van der Waals surface area contributed by atoms with Crippen LogP contribution < -0.4 is 0 Å². The molecule has 86 valence electrons. The van der Waals surface area contributed by atoms with Crippen molar-refractivity contribution in [3.63, 3.8) is 0 Å². The molecule has 1 aromatic heterocycles. The highest BCUT2D eigenvalue weighted by molar-refractivity contribution is 7.99. The average molecular weight is 237 g/mol. The molecule has 1 fully saturated rings. The number of nitrogens with zero attached hydrogens (tertiary/aromatic N) is 1. The molecule has 2 atom stereocenters. The van der Waals surface area contributed by atoms with Crippen molar-refractivity contribution < 1.29 is 9.90 Å². The Hall–Kier alpha value is -1.03. The first-order valence-electron chi connectivity index (χ1n) is 5.56. The molecule has 1 heterocycles. The molecule has 1 N–H and O–H groups in total. The lowest BCUT2D eigenvalue weighted by molar-refractivity contribution is -0.142. The number of carboxylic acid groups (broad SMARTS) is 1. The highest BCUT2D eigenvalue weighted by Gasteiger charge is 2.27. The van der Waals surface area contributed by atoms with Crippen molar-refractivity contribution in [1.82, 2.24) is 4.98 Å². The van der Waals surface area contributed by atoms with Gasteiger partial charge in [0.05, 0.1) is 10.9 Å². The van der Waals surface area contributed by atoms with Crippen LogP contribution in [0.2, 0.25) is 0 Å². The van der Waals surface area contributed by atoms with Crippen LogP contribution in [0.15, 0.2) is 29.4 Å². The topological polar surface area (TPSA) is 50.2 Å². The van der Waals surface area contributed by atoms with E-state index in [0.29, 0.717) is 5.25 Å². The summed E-state index contributed by atoms with van der Waals surface area (Å²) in [5.74, 6) is -0.804. The van der Waals surface area contributed by atoms with E-state index >= 15 is 0 Å². The van der Waals surface area contributed by atoms with Gasteiger partial charge in [0.25, 0.3) is 0 Å². The van der Waals surface area contributed by atoms with Crippen LogP contribution in [0.25, 0.3) is 0 Å². The van der Waals surface area contributed by atoms with Crippen molar-refractivity contribution in [2.75, 3.05) is 0 Å². The van der Waals surface area contributed by atoms with Crippen LogP contribution in [0.5, 0.6) is 0 Å². The molecule has 0 amide bonds. The molecule has 0 aromatic carbocycles. The summed E-state index contributed by atoms with van der Waals surface area (Å²) in [5, 5.41) is 10.4. The normalized spacial score (nSPS) is 25.2. The average Bonchev–Trinajstić information content (AvgIpc) is 2.30. The van der Waals surface area contributed by atoms with E-state index in [1.807, 2.05) is 18.2 Å². The summed E-state index contributed by atoms with van der Waals surface area (Å²) in [4.78, 5) is 15.2. The van der Waals surface area contributed by atoms with Gasteiger partial charge in [-0.05, 0) is 31.4 Å². The Balaban J connectivity index is 1.93. The van der Waals surface area contributed by atoms with Crippen LogP contribution in [0.3, 0.4) is 0 Å². The van der Waals surface area contributed by atoms with E-state index in [2.05, 4.69) is 4.98 Å². The van der Waals surface area contributed by atoms with Crippen LogP contribution >= 0.6 is 11.8 Å². The Morgan fingerprint density at radius 2 is 2.31 bits per heavy atom. The van der Waals surface area contributed by atoms with Crippen LogP contribution in [-0.2, 0) is 4.79 Å². The third-order valence-electron chi connectivity index (χ3n) is 2.90. The minimum Gasteiger partial charge on any atom is -0.481 e. The SMILES string of the molecule is O=C(O)C1CCCC(Sc2ccccn2)C1. The lowest BCUT2D eigenvalue weighted by Gasteiger charge is -2.25. The summed E-state index contributed by atoms with van der Waals surface area (Å²) in [6.07, 6.45) is 5.50. The highest BCUT2D eigenvalue weighted by Crippen LogP contribution is 2.35. The Kier molecular flexibility index (Phi) is 3.83. The van der Waals surface area contributed by atoms with Gasteiger partial charge in [-0.15, -0.1) is 11.8 Å². The van der Waals surface area contributed by atoms with E-state index in [0.717, 1.165) is 30.7 Å². The molecule has 0 radical (unpaired) electrons. The number of thioether (sulfide) groups is 1. The van der Waals surface area contributed by atoms with Gasteiger partial charge in [0, 0.05) is 11.4 Å². The number of rotatable bonds is 3.